The number of hydrogen-bond donors (Lipinski definition) is 2. The summed E-state index contributed by atoms with van der Waals surface area (Å²) < 4.78 is 3.19. The maximum atomic E-state index is 5.76. The van der Waals surface area contributed by atoms with Crippen LogP contribution in [-0.2, 0) is 13.0 Å². The first-order valence-electron chi connectivity index (χ1n) is 7.51. The number of aromatic nitrogens is 2. The van der Waals surface area contributed by atoms with Crippen LogP contribution >= 0.6 is 15.9 Å². The number of hydrazine groups is 1. The molecule has 1 unspecified atom stereocenters. The molecule has 0 fully saturated rings. The van der Waals surface area contributed by atoms with Crippen LogP contribution < -0.4 is 11.3 Å². The minimum absolute atomic E-state index is 0.275. The fraction of sp³-hybridized carbons (Fsp3) is 0.667. The SMILES string of the molecule is CCn1nc(C)c(Br)c1CC(CC1=CCCCC1)NN. The van der Waals surface area contributed by atoms with E-state index in [9.17, 15) is 0 Å². The van der Waals surface area contributed by atoms with Gasteiger partial charge in [0.05, 0.1) is 15.9 Å². The Bertz CT molecular complexity index is 478. The molecule has 0 radical (unpaired) electrons. The molecule has 1 aliphatic carbocycles. The Balaban J connectivity index is 2.07. The van der Waals surface area contributed by atoms with Crippen molar-refractivity contribution < 1.29 is 0 Å². The number of nitrogens with two attached hydrogens (primary N) is 1. The van der Waals surface area contributed by atoms with Gasteiger partial charge in [-0.2, -0.15) is 5.10 Å². The highest BCUT2D eigenvalue weighted by atomic mass is 79.9. The molecule has 1 aromatic rings. The van der Waals surface area contributed by atoms with E-state index in [1.807, 2.05) is 6.92 Å². The lowest BCUT2D eigenvalue weighted by atomic mass is 9.93. The van der Waals surface area contributed by atoms with Crippen molar-refractivity contribution in [3.05, 3.63) is 27.5 Å². The Kier molecular flexibility index (Phi) is 5.81. The number of rotatable bonds is 6. The van der Waals surface area contributed by atoms with Crippen LogP contribution in [-0.4, -0.2) is 15.8 Å². The van der Waals surface area contributed by atoms with E-state index in [2.05, 4.69) is 44.1 Å². The zero-order chi connectivity index (χ0) is 14.5. The molecule has 1 aromatic heterocycles. The minimum atomic E-state index is 0.275. The van der Waals surface area contributed by atoms with Crippen LogP contribution in [0.2, 0.25) is 0 Å². The molecule has 5 heteroatoms. The highest BCUT2D eigenvalue weighted by Gasteiger charge is 2.18. The monoisotopic (exact) mass is 340 g/mol. The first kappa shape index (κ1) is 15.7. The molecule has 0 saturated carbocycles. The molecule has 1 heterocycles. The van der Waals surface area contributed by atoms with E-state index in [4.69, 9.17) is 5.84 Å². The van der Waals surface area contributed by atoms with Gasteiger partial charge in [0.15, 0.2) is 0 Å². The first-order valence-corrected chi connectivity index (χ1v) is 8.30. The molecule has 0 aliphatic heterocycles. The zero-order valence-corrected chi connectivity index (χ0v) is 14.0. The standard InChI is InChI=1S/C15H25BrN4/c1-3-20-14(15(16)11(2)19-20)10-13(18-17)9-12-7-5-4-6-8-12/h7,13,18H,3-6,8-10,17H2,1-2H3. The first-order chi connectivity index (χ1) is 9.65. The Morgan fingerprint density at radius 1 is 1.45 bits per heavy atom. The molecule has 0 bridgehead atoms. The lowest BCUT2D eigenvalue weighted by Crippen LogP contribution is -2.37. The van der Waals surface area contributed by atoms with Crippen molar-refractivity contribution in [3.8, 4) is 0 Å². The molecule has 0 spiro atoms. The minimum Gasteiger partial charge on any atom is -0.271 e. The largest absolute Gasteiger partial charge is 0.271 e. The van der Waals surface area contributed by atoms with Gasteiger partial charge < -0.3 is 0 Å². The molecule has 4 nitrogen and oxygen atoms in total. The third-order valence-corrected chi connectivity index (χ3v) is 5.05. The Labute approximate surface area is 129 Å². The van der Waals surface area contributed by atoms with Crippen LogP contribution in [0.3, 0.4) is 0 Å². The molecule has 112 valence electrons. The second kappa shape index (κ2) is 7.38. The molecule has 0 amide bonds. The van der Waals surface area contributed by atoms with Crippen LogP contribution in [0.4, 0.5) is 0 Å². The van der Waals surface area contributed by atoms with E-state index in [1.165, 1.54) is 31.4 Å². The highest BCUT2D eigenvalue weighted by Crippen LogP contribution is 2.26. The van der Waals surface area contributed by atoms with Crippen molar-refractivity contribution in [2.24, 2.45) is 5.84 Å². The topological polar surface area (TPSA) is 55.9 Å². The van der Waals surface area contributed by atoms with E-state index < -0.39 is 0 Å². The van der Waals surface area contributed by atoms with Crippen LogP contribution in [0, 0.1) is 6.92 Å². The van der Waals surface area contributed by atoms with Gasteiger partial charge in [-0.25, -0.2) is 0 Å². The zero-order valence-electron chi connectivity index (χ0n) is 12.5. The Morgan fingerprint density at radius 2 is 2.25 bits per heavy atom. The van der Waals surface area contributed by atoms with Gasteiger partial charge in [0.25, 0.3) is 0 Å². The van der Waals surface area contributed by atoms with Crippen molar-refractivity contribution in [1.82, 2.24) is 15.2 Å². The Hall–Kier alpha value is -0.650. The van der Waals surface area contributed by atoms with Gasteiger partial charge in [-0.3, -0.25) is 16.0 Å². The van der Waals surface area contributed by atoms with Crippen molar-refractivity contribution in [2.45, 2.75) is 65.0 Å². The molecular formula is C15H25BrN4. The molecule has 0 aromatic carbocycles. The van der Waals surface area contributed by atoms with E-state index in [0.717, 1.165) is 29.6 Å². The fourth-order valence-electron chi connectivity index (χ4n) is 2.89. The maximum Gasteiger partial charge on any atom is 0.0738 e. The van der Waals surface area contributed by atoms with Crippen molar-refractivity contribution in [3.63, 3.8) is 0 Å². The molecular weight excluding hydrogens is 316 g/mol. The van der Waals surface area contributed by atoms with Crippen LogP contribution in [0.25, 0.3) is 0 Å². The van der Waals surface area contributed by atoms with Gasteiger partial charge in [-0.05, 0) is 61.9 Å². The lowest BCUT2D eigenvalue weighted by Gasteiger charge is -2.20. The number of nitrogens with one attached hydrogen (secondary N) is 1. The van der Waals surface area contributed by atoms with Gasteiger partial charge in [0.1, 0.15) is 0 Å². The summed E-state index contributed by atoms with van der Waals surface area (Å²) >= 11 is 3.66. The molecule has 2 rings (SSSR count). The predicted octanol–water partition coefficient (Wildman–Crippen LogP) is 3.24. The normalized spacial score (nSPS) is 17.1. The second-order valence-corrected chi connectivity index (χ2v) is 6.33. The molecule has 20 heavy (non-hydrogen) atoms. The molecule has 3 N–H and O–H groups in total. The number of allylic oxidation sites excluding steroid dienone is 1. The number of halogens is 1. The van der Waals surface area contributed by atoms with Gasteiger partial charge in [0, 0.05) is 19.0 Å². The van der Waals surface area contributed by atoms with Gasteiger partial charge in [-0.15, -0.1) is 0 Å². The summed E-state index contributed by atoms with van der Waals surface area (Å²) in [6.45, 7) is 5.05. The second-order valence-electron chi connectivity index (χ2n) is 5.54. The van der Waals surface area contributed by atoms with Crippen LogP contribution in [0.15, 0.2) is 16.1 Å². The number of nitrogens with zero attached hydrogens (tertiary/aromatic N) is 2. The van der Waals surface area contributed by atoms with Crippen LogP contribution in [0.5, 0.6) is 0 Å². The van der Waals surface area contributed by atoms with Crippen LogP contribution in [0.1, 0.15) is 50.4 Å². The average molecular weight is 341 g/mol. The summed E-state index contributed by atoms with van der Waals surface area (Å²) in [6, 6.07) is 0.275. The third-order valence-electron chi connectivity index (χ3n) is 4.02. The van der Waals surface area contributed by atoms with E-state index in [0.29, 0.717) is 0 Å². The summed E-state index contributed by atoms with van der Waals surface area (Å²) in [5.41, 5.74) is 6.82. The quantitative estimate of drug-likeness (QED) is 0.474. The van der Waals surface area contributed by atoms with Crippen molar-refractivity contribution in [2.75, 3.05) is 0 Å². The Morgan fingerprint density at radius 3 is 2.85 bits per heavy atom. The third kappa shape index (κ3) is 3.71. The van der Waals surface area contributed by atoms with Crippen molar-refractivity contribution >= 4 is 15.9 Å². The number of aryl methyl sites for hydroxylation is 2. The van der Waals surface area contributed by atoms with E-state index in [1.54, 1.807) is 5.57 Å². The molecule has 0 saturated heterocycles. The molecule has 1 atom stereocenters. The average Bonchev–Trinajstić information content (AvgIpc) is 2.75. The summed E-state index contributed by atoms with van der Waals surface area (Å²) in [7, 11) is 0. The maximum absolute atomic E-state index is 5.76. The van der Waals surface area contributed by atoms with Gasteiger partial charge in [0.2, 0.25) is 0 Å². The van der Waals surface area contributed by atoms with E-state index >= 15 is 0 Å². The fourth-order valence-corrected chi connectivity index (χ4v) is 3.34. The smallest absolute Gasteiger partial charge is 0.0738 e. The lowest BCUT2D eigenvalue weighted by molar-refractivity contribution is 0.482. The summed E-state index contributed by atoms with van der Waals surface area (Å²) in [4.78, 5) is 0. The van der Waals surface area contributed by atoms with Gasteiger partial charge in [-0.1, -0.05) is 11.6 Å². The number of hydrogen-bond acceptors (Lipinski definition) is 3. The summed E-state index contributed by atoms with van der Waals surface area (Å²) in [5.74, 6) is 5.76. The summed E-state index contributed by atoms with van der Waals surface area (Å²) in [5, 5.41) is 4.55. The highest BCUT2D eigenvalue weighted by molar-refractivity contribution is 9.10. The predicted molar refractivity (Wildman–Crippen MR) is 86.3 cm³/mol. The summed E-state index contributed by atoms with van der Waals surface area (Å²) in [6.07, 6.45) is 9.44. The van der Waals surface area contributed by atoms with E-state index in [-0.39, 0.29) is 6.04 Å². The van der Waals surface area contributed by atoms with Crippen molar-refractivity contribution in [1.29, 1.82) is 0 Å². The molecule has 1 aliphatic rings. The van der Waals surface area contributed by atoms with Gasteiger partial charge >= 0.3 is 0 Å².